The average Bonchev–Trinajstić information content (AvgIpc) is 1.54. The molecule has 0 aromatic rings. The van der Waals surface area contributed by atoms with Crippen LogP contribution in [-0.4, -0.2) is 0 Å². The maximum atomic E-state index is 12.4. The molecule has 0 amide bonds. The molecular weight excluding hydrogens is 227 g/mol. The fraction of sp³-hybridized carbons (Fsp3) is 0. The minimum atomic E-state index is -3.98. The molecule has 0 aromatic heterocycles. The predicted molar refractivity (Wildman–Crippen MR) is 40.0 cm³/mol. The van der Waals surface area contributed by atoms with Crippen LogP contribution in [0.4, 0.5) is 12.6 Å². The third-order valence-electron chi connectivity index (χ3n) is 0.590. The van der Waals surface area contributed by atoms with Crippen LogP contribution in [0.15, 0.2) is 13.5 Å². The molecule has 1 aliphatic heterocycles. The maximum Gasteiger partial charge on any atom is 0.338 e. The van der Waals surface area contributed by atoms with E-state index in [9.17, 15) is 12.6 Å². The van der Waals surface area contributed by atoms with Crippen molar-refractivity contribution in [3.63, 3.8) is 0 Å². The van der Waals surface area contributed by atoms with E-state index in [1.165, 1.54) is 0 Å². The Hall–Kier alpha value is 0.770. The summed E-state index contributed by atoms with van der Waals surface area (Å²) in [6.45, 7) is -3.98. The van der Waals surface area contributed by atoms with Gasteiger partial charge in [0, 0.05) is 0 Å². The predicted octanol–water partition coefficient (Wildman–Crippen LogP) is 4.55. The summed E-state index contributed by atoms with van der Waals surface area (Å²) in [6, 6.07) is 0. The van der Waals surface area contributed by atoms with Gasteiger partial charge in [0.25, 0.3) is 0 Å². The third-order valence-corrected chi connectivity index (χ3v) is 6.67. The van der Waals surface area contributed by atoms with Gasteiger partial charge in [-0.05, 0) is 11.2 Å². The van der Waals surface area contributed by atoms with Crippen LogP contribution in [0.1, 0.15) is 0 Å². The highest BCUT2D eigenvalue weighted by Crippen LogP contribution is 2.70. The lowest BCUT2D eigenvalue weighted by Crippen LogP contribution is -1.53. The minimum absolute atomic E-state index is 2.76. The summed E-state index contributed by atoms with van der Waals surface area (Å²) >= 11 is 4.88. The highest BCUT2D eigenvalue weighted by molar-refractivity contribution is 7.91. The molecule has 10 heavy (non-hydrogen) atoms. The maximum absolute atomic E-state index is 12.4. The minimum Gasteiger partial charge on any atom is -0.187 e. The Morgan fingerprint density at radius 1 is 1.30 bits per heavy atom. The SMILES string of the molecule is F[PH]1=N[PH](F)=NP(F)(Cl)=N1. The lowest BCUT2D eigenvalue weighted by atomic mass is 13.8. The lowest BCUT2D eigenvalue weighted by Gasteiger charge is -2.03. The van der Waals surface area contributed by atoms with E-state index in [0.717, 1.165) is 0 Å². The van der Waals surface area contributed by atoms with Gasteiger partial charge in [-0.15, -0.1) is 0 Å². The van der Waals surface area contributed by atoms with Crippen molar-refractivity contribution in [2.75, 3.05) is 0 Å². The van der Waals surface area contributed by atoms with E-state index in [-0.39, 0.29) is 0 Å². The van der Waals surface area contributed by atoms with Crippen molar-refractivity contribution < 1.29 is 12.6 Å². The van der Waals surface area contributed by atoms with Crippen LogP contribution < -0.4 is 0 Å². The number of nitrogens with zero attached hydrogens (tertiary/aromatic N) is 3. The molecule has 3 atom stereocenters. The zero-order valence-corrected chi connectivity index (χ0v) is 7.95. The molecule has 0 fully saturated rings. The van der Waals surface area contributed by atoms with Gasteiger partial charge in [0.15, 0.2) is 0 Å². The second kappa shape index (κ2) is 3.02. The molecule has 0 radical (unpaired) electrons. The Morgan fingerprint density at radius 2 is 1.90 bits per heavy atom. The van der Waals surface area contributed by atoms with Crippen molar-refractivity contribution in [3.05, 3.63) is 0 Å². The van der Waals surface area contributed by atoms with Crippen LogP contribution in [-0.2, 0) is 0 Å². The van der Waals surface area contributed by atoms with Crippen LogP contribution in [0.5, 0.6) is 0 Å². The largest absolute Gasteiger partial charge is 0.338 e. The monoisotopic (exact) mass is 229 g/mol. The van der Waals surface area contributed by atoms with Crippen molar-refractivity contribution in [3.8, 4) is 0 Å². The fourth-order valence-electron chi connectivity index (χ4n) is 0.342. The zero-order chi connectivity index (χ0) is 7.78. The van der Waals surface area contributed by atoms with Gasteiger partial charge in [0.1, 0.15) is 0 Å². The molecule has 0 N–H and O–H groups in total. The van der Waals surface area contributed by atoms with Gasteiger partial charge >= 0.3 is 6.87 Å². The number of hydrogen-bond acceptors (Lipinski definition) is 3. The standard InChI is InChI=1S/ClF3H2N3P3/c1-10(4)6-8(2)5-9(3)7-10/h8-9H. The van der Waals surface area contributed by atoms with Crippen LogP contribution in [0.3, 0.4) is 0 Å². The quantitative estimate of drug-likeness (QED) is 0.547. The van der Waals surface area contributed by atoms with Crippen molar-refractivity contribution in [1.29, 1.82) is 0 Å². The van der Waals surface area contributed by atoms with Crippen LogP contribution in [0.2, 0.25) is 0 Å². The molecule has 0 saturated heterocycles. The van der Waals surface area contributed by atoms with Crippen molar-refractivity contribution in [1.82, 2.24) is 0 Å². The van der Waals surface area contributed by atoms with Gasteiger partial charge in [-0.2, -0.15) is 26.1 Å². The van der Waals surface area contributed by atoms with Gasteiger partial charge in [-0.1, -0.05) is 0 Å². The van der Waals surface area contributed by atoms with E-state index in [0.29, 0.717) is 0 Å². The van der Waals surface area contributed by atoms with E-state index in [2.05, 4.69) is 13.5 Å². The molecule has 60 valence electrons. The highest BCUT2D eigenvalue weighted by Gasteiger charge is 2.18. The van der Waals surface area contributed by atoms with Crippen molar-refractivity contribution >= 4 is 34.5 Å². The van der Waals surface area contributed by atoms with Gasteiger partial charge < -0.3 is 0 Å². The summed E-state index contributed by atoms with van der Waals surface area (Å²) < 4.78 is 45.0. The highest BCUT2D eigenvalue weighted by atomic mass is 35.7. The first-order chi connectivity index (χ1) is 4.49. The third kappa shape index (κ3) is 2.43. The second-order valence-corrected chi connectivity index (χ2v) is 7.08. The molecule has 0 aliphatic carbocycles. The Labute approximate surface area is 61.3 Å². The van der Waals surface area contributed by atoms with Crippen LogP contribution in [0.25, 0.3) is 0 Å². The number of hydrogen-bond donors (Lipinski definition) is 0. The van der Waals surface area contributed by atoms with Crippen LogP contribution in [0, 0.1) is 0 Å². The van der Waals surface area contributed by atoms with Crippen molar-refractivity contribution in [2.24, 2.45) is 13.5 Å². The Bertz CT molecular complexity index is 259. The average molecular weight is 229 g/mol. The molecule has 10 heteroatoms. The molecular formula is H2ClF3N3P3. The first-order valence-corrected chi connectivity index (χ1v) is 7.05. The topological polar surface area (TPSA) is 37.1 Å². The molecule has 0 aromatic carbocycles. The summed E-state index contributed by atoms with van der Waals surface area (Å²) in [5, 5.41) is 0. The fourth-order valence-corrected chi connectivity index (χ4v) is 5.41. The second-order valence-electron chi connectivity index (χ2n) is 1.31. The van der Waals surface area contributed by atoms with E-state index >= 15 is 0 Å². The van der Waals surface area contributed by atoms with Gasteiger partial charge in [-0.25, -0.2) is 0 Å². The molecule has 1 aliphatic rings. The lowest BCUT2D eigenvalue weighted by molar-refractivity contribution is 0.868. The summed E-state index contributed by atoms with van der Waals surface area (Å²) in [5.74, 6) is 0. The Kier molecular flexibility index (Phi) is 2.68. The van der Waals surface area contributed by atoms with E-state index in [4.69, 9.17) is 11.2 Å². The zero-order valence-electron chi connectivity index (χ0n) is 4.30. The van der Waals surface area contributed by atoms with Crippen LogP contribution >= 0.6 is 34.5 Å². The summed E-state index contributed by atoms with van der Waals surface area (Å²) in [4.78, 5) is 0. The van der Waals surface area contributed by atoms with Gasteiger partial charge in [0.05, 0.1) is 0 Å². The molecule has 3 nitrogen and oxygen atoms in total. The summed E-state index contributed by atoms with van der Waals surface area (Å²) in [7, 11) is -6.16. The molecule has 0 bridgehead atoms. The first kappa shape index (κ1) is 8.86. The van der Waals surface area contributed by atoms with E-state index < -0.39 is 23.2 Å². The van der Waals surface area contributed by atoms with Crippen molar-refractivity contribution in [2.45, 2.75) is 0 Å². The normalized spacial score (nSPS) is 46.8. The Morgan fingerprint density at radius 3 is 2.30 bits per heavy atom. The molecule has 0 saturated carbocycles. The van der Waals surface area contributed by atoms with Gasteiger partial charge in [-0.3, -0.25) is 0 Å². The smallest absolute Gasteiger partial charge is 0.187 e. The van der Waals surface area contributed by atoms with E-state index in [1.54, 1.807) is 0 Å². The molecule has 3 unspecified atom stereocenters. The van der Waals surface area contributed by atoms with E-state index in [1.807, 2.05) is 0 Å². The molecule has 1 rings (SSSR count). The molecule has 1 heterocycles. The number of rotatable bonds is 0. The summed E-state index contributed by atoms with van der Waals surface area (Å²) in [5.41, 5.74) is 0. The summed E-state index contributed by atoms with van der Waals surface area (Å²) in [6.07, 6.45) is 0. The Balaban J connectivity index is 3.15. The molecule has 0 spiro atoms. The first-order valence-electron chi connectivity index (χ1n) is 2.01. The number of halogens is 4. The van der Waals surface area contributed by atoms with Gasteiger partial charge in [0.2, 0.25) is 16.3 Å².